The monoisotopic (exact) mass is 393 g/mol. The summed E-state index contributed by atoms with van der Waals surface area (Å²) in [5, 5.41) is 41.7. The van der Waals surface area contributed by atoms with Crippen molar-refractivity contribution in [3.05, 3.63) is 0 Å². The zero-order valence-electron chi connectivity index (χ0n) is 15.9. The van der Waals surface area contributed by atoms with Crippen molar-refractivity contribution in [3.63, 3.8) is 0 Å². The van der Waals surface area contributed by atoms with Gasteiger partial charge in [0.1, 0.15) is 24.4 Å². The van der Waals surface area contributed by atoms with Crippen LogP contribution in [0, 0.1) is 0 Å². The van der Waals surface area contributed by atoms with Crippen LogP contribution in [0.5, 0.6) is 0 Å². The number of hydrogen-bond donors (Lipinski definition) is 7. The molecule has 1 heterocycles. The van der Waals surface area contributed by atoms with Crippen LogP contribution in [0.3, 0.4) is 0 Å². The van der Waals surface area contributed by atoms with Crippen molar-refractivity contribution in [2.75, 3.05) is 19.8 Å². The molecule has 1 amide bonds. The molecule has 1 aliphatic heterocycles. The van der Waals surface area contributed by atoms with E-state index >= 15 is 0 Å². The Kier molecular flexibility index (Phi) is 12.0. The van der Waals surface area contributed by atoms with E-state index in [0.29, 0.717) is 13.0 Å². The van der Waals surface area contributed by atoms with Crippen molar-refractivity contribution >= 4 is 5.91 Å². The first-order valence-electron chi connectivity index (χ1n) is 9.55. The Morgan fingerprint density at radius 3 is 2.52 bits per heavy atom. The van der Waals surface area contributed by atoms with Gasteiger partial charge in [-0.15, -0.1) is 0 Å². The SMILES string of the molecule is CC(CCCCCCC(=O)NN)NCCO[C@@H]1O[C@H](CO)[C@H](O)[C@H](O)[C@H]1O. The van der Waals surface area contributed by atoms with Gasteiger partial charge in [0.25, 0.3) is 0 Å². The minimum atomic E-state index is -1.43. The molecular weight excluding hydrogens is 358 g/mol. The molecule has 27 heavy (non-hydrogen) atoms. The van der Waals surface area contributed by atoms with Crippen molar-refractivity contribution < 1.29 is 34.7 Å². The van der Waals surface area contributed by atoms with Crippen LogP contribution in [0.15, 0.2) is 0 Å². The summed E-state index contributed by atoms with van der Waals surface area (Å²) in [6.07, 6.45) is -0.879. The zero-order chi connectivity index (χ0) is 20.2. The average Bonchev–Trinajstić information content (AvgIpc) is 2.67. The molecule has 160 valence electrons. The normalized spacial score (nSPS) is 29.5. The van der Waals surface area contributed by atoms with Crippen LogP contribution in [0.2, 0.25) is 0 Å². The van der Waals surface area contributed by atoms with Gasteiger partial charge in [0.05, 0.1) is 13.2 Å². The summed E-state index contributed by atoms with van der Waals surface area (Å²) < 4.78 is 10.7. The first kappa shape index (κ1) is 24.2. The molecule has 0 aromatic carbocycles. The number of nitrogens with two attached hydrogens (primary N) is 1. The van der Waals surface area contributed by atoms with Crippen LogP contribution in [-0.2, 0) is 14.3 Å². The molecule has 0 aromatic rings. The van der Waals surface area contributed by atoms with Crippen molar-refractivity contribution in [1.29, 1.82) is 0 Å². The first-order chi connectivity index (χ1) is 12.9. The molecule has 0 bridgehead atoms. The van der Waals surface area contributed by atoms with E-state index in [1.54, 1.807) is 0 Å². The predicted octanol–water partition coefficient (Wildman–Crippen LogP) is -1.89. The van der Waals surface area contributed by atoms with Gasteiger partial charge in [0.2, 0.25) is 5.91 Å². The molecule has 1 rings (SSSR count). The summed E-state index contributed by atoms with van der Waals surface area (Å²) in [5.74, 6) is 4.88. The third-order valence-electron chi connectivity index (χ3n) is 4.68. The Morgan fingerprint density at radius 2 is 1.85 bits per heavy atom. The van der Waals surface area contributed by atoms with Crippen LogP contribution >= 0.6 is 0 Å². The second-order valence-electron chi connectivity index (χ2n) is 6.94. The second kappa shape index (κ2) is 13.3. The minimum absolute atomic E-state index is 0.135. The fourth-order valence-corrected chi connectivity index (χ4v) is 2.95. The maximum atomic E-state index is 11.0. The highest BCUT2D eigenvalue weighted by molar-refractivity contribution is 5.74. The van der Waals surface area contributed by atoms with Crippen molar-refractivity contribution in [3.8, 4) is 0 Å². The highest BCUT2D eigenvalue weighted by Crippen LogP contribution is 2.21. The van der Waals surface area contributed by atoms with E-state index in [0.717, 1.165) is 32.1 Å². The minimum Gasteiger partial charge on any atom is -0.394 e. The third kappa shape index (κ3) is 8.79. The van der Waals surface area contributed by atoms with Crippen LogP contribution in [-0.4, -0.2) is 82.8 Å². The van der Waals surface area contributed by atoms with Crippen molar-refractivity contribution in [2.24, 2.45) is 5.84 Å². The molecule has 10 nitrogen and oxygen atoms in total. The summed E-state index contributed by atoms with van der Waals surface area (Å²) >= 11 is 0. The van der Waals surface area contributed by atoms with Crippen molar-refractivity contribution in [2.45, 2.75) is 82.2 Å². The van der Waals surface area contributed by atoms with Gasteiger partial charge in [-0.3, -0.25) is 10.2 Å². The maximum absolute atomic E-state index is 11.0. The van der Waals surface area contributed by atoms with E-state index in [1.165, 1.54) is 0 Å². The van der Waals surface area contributed by atoms with Crippen LogP contribution < -0.4 is 16.6 Å². The standard InChI is InChI=1S/C17H35N3O7/c1-11(6-4-2-3-5-7-13(22)20-18)19-8-9-26-17-16(25)15(24)14(23)12(10-21)27-17/h11-12,14-17,19,21,23-25H,2-10,18H2,1H3,(H,20,22)/t11?,12-,14+,15+,16-,17-/m1/s1. The highest BCUT2D eigenvalue weighted by atomic mass is 16.7. The Balaban J connectivity index is 2.09. The smallest absolute Gasteiger partial charge is 0.233 e. The van der Waals surface area contributed by atoms with E-state index in [4.69, 9.17) is 20.4 Å². The lowest BCUT2D eigenvalue weighted by Crippen LogP contribution is -2.59. The summed E-state index contributed by atoms with van der Waals surface area (Å²) in [7, 11) is 0. The van der Waals surface area contributed by atoms with E-state index < -0.39 is 37.3 Å². The van der Waals surface area contributed by atoms with Crippen LogP contribution in [0.1, 0.15) is 45.4 Å². The highest BCUT2D eigenvalue weighted by Gasteiger charge is 2.43. The van der Waals surface area contributed by atoms with Crippen LogP contribution in [0.25, 0.3) is 0 Å². The van der Waals surface area contributed by atoms with Gasteiger partial charge in [0.15, 0.2) is 6.29 Å². The number of amides is 1. The van der Waals surface area contributed by atoms with Gasteiger partial charge < -0.3 is 35.2 Å². The van der Waals surface area contributed by atoms with E-state index in [-0.39, 0.29) is 18.6 Å². The largest absolute Gasteiger partial charge is 0.394 e. The number of rotatable bonds is 13. The summed E-state index contributed by atoms with van der Waals surface area (Å²) in [4.78, 5) is 11.0. The summed E-state index contributed by atoms with van der Waals surface area (Å²) in [6.45, 7) is 2.38. The van der Waals surface area contributed by atoms with E-state index in [2.05, 4.69) is 17.7 Å². The Hall–Kier alpha value is -0.850. The number of ether oxygens (including phenoxy) is 2. The number of hydrazine groups is 1. The van der Waals surface area contributed by atoms with Gasteiger partial charge in [-0.2, -0.15) is 0 Å². The molecule has 6 atom stereocenters. The number of nitrogens with one attached hydrogen (secondary N) is 2. The Bertz CT molecular complexity index is 414. The van der Waals surface area contributed by atoms with E-state index in [1.807, 2.05) is 0 Å². The van der Waals surface area contributed by atoms with Crippen LogP contribution in [0.4, 0.5) is 0 Å². The third-order valence-corrected chi connectivity index (χ3v) is 4.68. The molecule has 0 aromatic heterocycles. The van der Waals surface area contributed by atoms with Gasteiger partial charge in [-0.25, -0.2) is 5.84 Å². The number of carbonyl (C=O) groups excluding carboxylic acids is 1. The van der Waals surface area contributed by atoms with Gasteiger partial charge in [-0.1, -0.05) is 19.3 Å². The fourth-order valence-electron chi connectivity index (χ4n) is 2.95. The molecule has 8 N–H and O–H groups in total. The summed E-state index contributed by atoms with van der Waals surface area (Å²) in [5.41, 5.74) is 2.12. The number of unbranched alkanes of at least 4 members (excludes halogenated alkanes) is 3. The molecule has 1 fully saturated rings. The predicted molar refractivity (Wildman–Crippen MR) is 97.2 cm³/mol. The Morgan fingerprint density at radius 1 is 1.15 bits per heavy atom. The number of carbonyl (C=O) groups is 1. The van der Waals surface area contributed by atoms with E-state index in [9.17, 15) is 20.1 Å². The molecule has 1 aliphatic rings. The Labute approximate surface area is 160 Å². The topological polar surface area (TPSA) is 167 Å². The molecule has 1 unspecified atom stereocenters. The summed E-state index contributed by atoms with van der Waals surface area (Å²) in [6, 6.07) is 0.288. The quantitative estimate of drug-likeness (QED) is 0.0819. The number of aliphatic hydroxyl groups is 4. The first-order valence-corrected chi connectivity index (χ1v) is 9.55. The molecule has 1 saturated heterocycles. The van der Waals surface area contributed by atoms with Gasteiger partial charge in [0, 0.05) is 19.0 Å². The molecule has 0 radical (unpaired) electrons. The van der Waals surface area contributed by atoms with Gasteiger partial charge >= 0.3 is 0 Å². The lowest BCUT2D eigenvalue weighted by molar-refractivity contribution is -0.300. The molecule has 0 saturated carbocycles. The number of aliphatic hydroxyl groups excluding tert-OH is 4. The number of hydrogen-bond acceptors (Lipinski definition) is 9. The molecular formula is C17H35N3O7. The van der Waals surface area contributed by atoms with Crippen molar-refractivity contribution in [1.82, 2.24) is 10.7 Å². The maximum Gasteiger partial charge on any atom is 0.233 e. The van der Waals surface area contributed by atoms with Gasteiger partial charge in [-0.05, 0) is 19.8 Å². The molecule has 0 aliphatic carbocycles. The molecule has 0 spiro atoms. The lowest BCUT2D eigenvalue weighted by Gasteiger charge is -2.39. The second-order valence-corrected chi connectivity index (χ2v) is 6.94. The zero-order valence-corrected chi connectivity index (χ0v) is 15.9. The average molecular weight is 393 g/mol. The fraction of sp³-hybridized carbons (Fsp3) is 0.941. The molecule has 10 heteroatoms. The lowest BCUT2D eigenvalue weighted by atomic mass is 9.99.